The van der Waals surface area contributed by atoms with E-state index in [1.54, 1.807) is 0 Å². The second-order valence-electron chi connectivity index (χ2n) is 4.73. The second-order valence-corrected chi connectivity index (χ2v) is 5.38. The molecule has 0 spiro atoms. The van der Waals surface area contributed by atoms with Crippen LogP contribution in [0.1, 0.15) is 34.6 Å². The molecule has 0 radical (unpaired) electrons. The fraction of sp³-hybridized carbons (Fsp3) is 0.900. The van der Waals surface area contributed by atoms with Crippen molar-refractivity contribution >= 4 is 21.8 Å². The Morgan fingerprint density at radius 2 is 1.85 bits per heavy atom. The maximum Gasteiger partial charge on any atom is 0.225 e. The van der Waals surface area contributed by atoms with Crippen LogP contribution in [0.2, 0.25) is 0 Å². The van der Waals surface area contributed by atoms with Crippen LogP contribution < -0.4 is 5.32 Å². The van der Waals surface area contributed by atoms with Crippen molar-refractivity contribution in [3.8, 4) is 0 Å². The van der Waals surface area contributed by atoms with Crippen LogP contribution in [0.4, 0.5) is 0 Å². The Balaban J connectivity index is 4.18. The van der Waals surface area contributed by atoms with Crippen molar-refractivity contribution in [2.45, 2.75) is 40.7 Å². The highest BCUT2D eigenvalue weighted by atomic mass is 79.9. The summed E-state index contributed by atoms with van der Waals surface area (Å²) in [5, 5.41) is 3.83. The zero-order chi connectivity index (χ0) is 10.6. The van der Waals surface area contributed by atoms with Crippen LogP contribution >= 0.6 is 15.9 Å². The van der Waals surface area contributed by atoms with E-state index in [2.05, 4.69) is 35.1 Å². The van der Waals surface area contributed by atoms with Gasteiger partial charge in [-0.25, -0.2) is 0 Å². The molecule has 13 heavy (non-hydrogen) atoms. The first-order chi connectivity index (χ1) is 5.79. The Morgan fingerprint density at radius 3 is 2.08 bits per heavy atom. The van der Waals surface area contributed by atoms with E-state index in [1.807, 2.05) is 20.8 Å². The Morgan fingerprint density at radius 1 is 1.38 bits per heavy atom. The van der Waals surface area contributed by atoms with Gasteiger partial charge in [0.05, 0.1) is 0 Å². The monoisotopic (exact) mass is 249 g/mol. The van der Waals surface area contributed by atoms with Gasteiger partial charge in [0.15, 0.2) is 0 Å². The Kier molecular flexibility index (Phi) is 4.97. The predicted molar refractivity (Wildman–Crippen MR) is 60.0 cm³/mol. The van der Waals surface area contributed by atoms with Gasteiger partial charge in [0.25, 0.3) is 0 Å². The standard InChI is InChI=1S/C10H20BrNO/c1-7(2)8(6-11)12-9(13)10(3,4)5/h7-8H,6H2,1-5H3,(H,12,13). The van der Waals surface area contributed by atoms with Crippen molar-refractivity contribution in [3.05, 3.63) is 0 Å². The average molecular weight is 250 g/mol. The lowest BCUT2D eigenvalue weighted by Crippen LogP contribution is -2.45. The number of carbonyl (C=O) groups is 1. The van der Waals surface area contributed by atoms with Gasteiger partial charge in [-0.3, -0.25) is 4.79 Å². The summed E-state index contributed by atoms with van der Waals surface area (Å²) in [4.78, 5) is 11.6. The van der Waals surface area contributed by atoms with Crippen molar-refractivity contribution in [1.82, 2.24) is 5.32 Å². The van der Waals surface area contributed by atoms with Crippen molar-refractivity contribution in [1.29, 1.82) is 0 Å². The third kappa shape index (κ3) is 4.65. The van der Waals surface area contributed by atoms with Gasteiger partial charge in [-0.05, 0) is 5.92 Å². The number of amides is 1. The van der Waals surface area contributed by atoms with Gasteiger partial charge in [0, 0.05) is 16.8 Å². The Hall–Kier alpha value is -0.0500. The molecule has 3 heteroatoms. The number of rotatable bonds is 3. The molecule has 0 bridgehead atoms. The van der Waals surface area contributed by atoms with Crippen LogP contribution in [0.25, 0.3) is 0 Å². The first-order valence-electron chi connectivity index (χ1n) is 4.66. The fourth-order valence-corrected chi connectivity index (χ4v) is 1.68. The summed E-state index contributed by atoms with van der Waals surface area (Å²) in [7, 11) is 0. The van der Waals surface area contributed by atoms with Gasteiger partial charge in [-0.2, -0.15) is 0 Å². The normalized spacial score (nSPS) is 14.4. The lowest BCUT2D eigenvalue weighted by Gasteiger charge is -2.25. The van der Waals surface area contributed by atoms with Crippen LogP contribution in [0.15, 0.2) is 0 Å². The minimum atomic E-state index is -0.296. The zero-order valence-corrected chi connectivity index (χ0v) is 10.7. The number of hydrogen-bond donors (Lipinski definition) is 1. The van der Waals surface area contributed by atoms with Crippen LogP contribution in [0, 0.1) is 11.3 Å². The zero-order valence-electron chi connectivity index (χ0n) is 9.15. The van der Waals surface area contributed by atoms with Gasteiger partial charge >= 0.3 is 0 Å². The van der Waals surface area contributed by atoms with Gasteiger partial charge < -0.3 is 5.32 Å². The van der Waals surface area contributed by atoms with Crippen LogP contribution in [0.5, 0.6) is 0 Å². The molecule has 0 aliphatic heterocycles. The molecule has 1 unspecified atom stereocenters. The van der Waals surface area contributed by atoms with Crippen molar-refractivity contribution in [2.24, 2.45) is 11.3 Å². The van der Waals surface area contributed by atoms with E-state index < -0.39 is 0 Å². The topological polar surface area (TPSA) is 29.1 Å². The van der Waals surface area contributed by atoms with E-state index in [1.165, 1.54) is 0 Å². The molecule has 78 valence electrons. The van der Waals surface area contributed by atoms with E-state index in [9.17, 15) is 4.79 Å². The van der Waals surface area contributed by atoms with E-state index in [4.69, 9.17) is 0 Å². The average Bonchev–Trinajstić information content (AvgIpc) is 1.96. The van der Waals surface area contributed by atoms with E-state index >= 15 is 0 Å². The molecule has 1 N–H and O–H groups in total. The van der Waals surface area contributed by atoms with Gasteiger partial charge in [-0.15, -0.1) is 0 Å². The number of halogens is 1. The smallest absolute Gasteiger partial charge is 0.225 e. The van der Waals surface area contributed by atoms with Crippen molar-refractivity contribution in [2.75, 3.05) is 5.33 Å². The molecule has 2 nitrogen and oxygen atoms in total. The van der Waals surface area contributed by atoms with Gasteiger partial charge in [0.1, 0.15) is 0 Å². The lowest BCUT2D eigenvalue weighted by atomic mass is 9.94. The SMILES string of the molecule is CC(C)C(CBr)NC(=O)C(C)(C)C. The highest BCUT2D eigenvalue weighted by molar-refractivity contribution is 9.09. The molecular weight excluding hydrogens is 230 g/mol. The number of carbonyl (C=O) groups excluding carboxylic acids is 1. The maximum absolute atomic E-state index is 11.6. The van der Waals surface area contributed by atoms with E-state index in [0.29, 0.717) is 5.92 Å². The number of alkyl halides is 1. The second kappa shape index (κ2) is 4.99. The summed E-state index contributed by atoms with van der Waals surface area (Å²) < 4.78 is 0. The highest BCUT2D eigenvalue weighted by Crippen LogP contribution is 2.14. The molecule has 0 saturated carbocycles. The third-order valence-corrected chi connectivity index (χ3v) is 2.67. The Bertz CT molecular complexity index is 172. The molecule has 0 aromatic carbocycles. The maximum atomic E-state index is 11.6. The summed E-state index contributed by atoms with van der Waals surface area (Å²) in [5.74, 6) is 0.580. The number of hydrogen-bond acceptors (Lipinski definition) is 1. The molecule has 0 saturated heterocycles. The summed E-state index contributed by atoms with van der Waals surface area (Å²) in [6.45, 7) is 9.99. The largest absolute Gasteiger partial charge is 0.352 e. The molecule has 0 heterocycles. The molecule has 0 rings (SSSR count). The lowest BCUT2D eigenvalue weighted by molar-refractivity contribution is -0.129. The minimum absolute atomic E-state index is 0.116. The highest BCUT2D eigenvalue weighted by Gasteiger charge is 2.24. The molecule has 0 aliphatic carbocycles. The molecule has 1 atom stereocenters. The molecule has 0 aliphatic rings. The molecule has 0 fully saturated rings. The molecule has 0 aromatic heterocycles. The first kappa shape index (κ1) is 12.9. The molecule has 1 amide bonds. The third-order valence-electron chi connectivity index (χ3n) is 1.97. The summed E-state index contributed by atoms with van der Waals surface area (Å²) >= 11 is 3.40. The predicted octanol–water partition coefficient (Wildman–Crippen LogP) is 2.57. The van der Waals surface area contributed by atoms with E-state index in [-0.39, 0.29) is 17.4 Å². The Labute approximate surface area is 89.6 Å². The van der Waals surface area contributed by atoms with Gasteiger partial charge in [-0.1, -0.05) is 50.5 Å². The van der Waals surface area contributed by atoms with Crippen LogP contribution in [-0.2, 0) is 4.79 Å². The van der Waals surface area contributed by atoms with Gasteiger partial charge in [0.2, 0.25) is 5.91 Å². The van der Waals surface area contributed by atoms with Crippen LogP contribution in [0.3, 0.4) is 0 Å². The molecule has 0 aromatic rings. The fourth-order valence-electron chi connectivity index (χ4n) is 0.768. The molecular formula is C10H20BrNO. The minimum Gasteiger partial charge on any atom is -0.352 e. The summed E-state index contributed by atoms with van der Waals surface area (Å²) in [6, 6.07) is 0.228. The summed E-state index contributed by atoms with van der Waals surface area (Å²) in [6.07, 6.45) is 0. The first-order valence-corrected chi connectivity index (χ1v) is 5.78. The van der Waals surface area contributed by atoms with Crippen molar-refractivity contribution < 1.29 is 4.79 Å². The quantitative estimate of drug-likeness (QED) is 0.766. The van der Waals surface area contributed by atoms with Crippen molar-refractivity contribution in [3.63, 3.8) is 0 Å². The van der Waals surface area contributed by atoms with Crippen LogP contribution in [-0.4, -0.2) is 17.3 Å². The number of nitrogens with one attached hydrogen (secondary N) is 1. The summed E-state index contributed by atoms with van der Waals surface area (Å²) in [5.41, 5.74) is -0.296. The van der Waals surface area contributed by atoms with E-state index in [0.717, 1.165) is 5.33 Å².